The Kier molecular flexibility index (Phi) is 10.1. The maximum absolute atomic E-state index is 13.9. The molecule has 0 aromatic heterocycles. The summed E-state index contributed by atoms with van der Waals surface area (Å²) in [5.41, 5.74) is 4.22. The Balaban J connectivity index is 2.06. The van der Waals surface area contributed by atoms with Crippen LogP contribution in [0.2, 0.25) is 0 Å². The van der Waals surface area contributed by atoms with E-state index < -0.39 is 23.7 Å². The van der Waals surface area contributed by atoms with Crippen LogP contribution in [0.1, 0.15) is 90.6 Å². The van der Waals surface area contributed by atoms with Gasteiger partial charge in [-0.15, -0.1) is 0 Å². The molecule has 4 rings (SSSR count). The molecule has 0 unspecified atom stereocenters. The molecule has 0 aliphatic rings. The number of hydrogen-bond acceptors (Lipinski definition) is 2. The SMILES string of the molecule is COc1c(C(C)(C)C)cc([C@H](N[S@@](=O)C(C)(C)C)c2ccccc2P(c2ccccc2)c2ccccc2)cc1C(C)(C)C. The third-order valence-electron chi connectivity index (χ3n) is 7.56. The molecular weight excluding hydrogens is 565 g/mol. The average Bonchev–Trinajstić information content (AvgIpc) is 2.95. The summed E-state index contributed by atoms with van der Waals surface area (Å²) >= 11 is 0. The lowest BCUT2D eigenvalue weighted by Crippen LogP contribution is -2.38. The van der Waals surface area contributed by atoms with Gasteiger partial charge in [0, 0.05) is 11.1 Å². The van der Waals surface area contributed by atoms with E-state index in [0.717, 1.165) is 28.0 Å². The lowest BCUT2D eigenvalue weighted by molar-refractivity contribution is 0.381. The molecule has 0 aliphatic carbocycles. The van der Waals surface area contributed by atoms with E-state index in [1.165, 1.54) is 15.9 Å². The smallest absolute Gasteiger partial charge is 0.126 e. The van der Waals surface area contributed by atoms with Crippen molar-refractivity contribution in [1.29, 1.82) is 0 Å². The molecule has 0 saturated carbocycles. The van der Waals surface area contributed by atoms with Crippen molar-refractivity contribution in [2.24, 2.45) is 0 Å². The molecule has 4 aromatic carbocycles. The zero-order valence-corrected chi connectivity index (χ0v) is 29.2. The third kappa shape index (κ3) is 7.66. The maximum Gasteiger partial charge on any atom is 0.126 e. The van der Waals surface area contributed by atoms with Crippen molar-refractivity contribution in [3.8, 4) is 5.75 Å². The third-order valence-corrected chi connectivity index (χ3v) is 11.6. The second kappa shape index (κ2) is 13.1. The Morgan fingerprint density at radius 3 is 1.53 bits per heavy atom. The van der Waals surface area contributed by atoms with E-state index in [1.807, 2.05) is 20.8 Å². The van der Waals surface area contributed by atoms with Crippen LogP contribution in [0.15, 0.2) is 97.1 Å². The Morgan fingerprint density at radius 1 is 0.674 bits per heavy atom. The first kappa shape index (κ1) is 33.1. The quantitative estimate of drug-likeness (QED) is 0.204. The summed E-state index contributed by atoms with van der Waals surface area (Å²) < 4.78 is 23.2. The predicted octanol–water partition coefficient (Wildman–Crippen LogP) is 8.19. The fourth-order valence-electron chi connectivity index (χ4n) is 5.26. The Hall–Kier alpha value is -2.78. The van der Waals surface area contributed by atoms with Crippen LogP contribution in [0.5, 0.6) is 5.75 Å². The molecule has 4 aromatic rings. The molecule has 0 spiro atoms. The molecule has 43 heavy (non-hydrogen) atoms. The van der Waals surface area contributed by atoms with Crippen LogP contribution >= 0.6 is 7.92 Å². The second-order valence-electron chi connectivity index (χ2n) is 14.1. The van der Waals surface area contributed by atoms with E-state index in [0.29, 0.717) is 0 Å². The molecule has 0 bridgehead atoms. The predicted molar refractivity (Wildman–Crippen MR) is 188 cm³/mol. The van der Waals surface area contributed by atoms with Gasteiger partial charge in [0.1, 0.15) is 5.75 Å². The van der Waals surface area contributed by atoms with Crippen LogP contribution < -0.4 is 25.4 Å². The summed E-state index contributed by atoms with van der Waals surface area (Å²) in [5, 5.41) is 3.82. The Bertz CT molecular complexity index is 1470. The summed E-state index contributed by atoms with van der Waals surface area (Å²) in [7, 11) is -0.422. The Morgan fingerprint density at radius 2 is 1.12 bits per heavy atom. The lowest BCUT2D eigenvalue weighted by atomic mass is 9.77. The van der Waals surface area contributed by atoms with Gasteiger partial charge in [0.25, 0.3) is 0 Å². The first-order valence-corrected chi connectivity index (χ1v) is 17.5. The minimum Gasteiger partial charge on any atom is -0.496 e. The zero-order valence-electron chi connectivity index (χ0n) is 27.5. The molecule has 0 radical (unpaired) electrons. The van der Waals surface area contributed by atoms with Gasteiger partial charge in [-0.25, -0.2) is 8.93 Å². The highest BCUT2D eigenvalue weighted by atomic mass is 32.2. The van der Waals surface area contributed by atoms with Gasteiger partial charge in [0.2, 0.25) is 0 Å². The van der Waals surface area contributed by atoms with Gasteiger partial charge in [-0.3, -0.25) is 0 Å². The number of hydrogen-bond donors (Lipinski definition) is 1. The molecule has 2 atom stereocenters. The summed E-state index contributed by atoms with van der Waals surface area (Å²) in [4.78, 5) is 0. The van der Waals surface area contributed by atoms with Gasteiger partial charge in [0.15, 0.2) is 0 Å². The zero-order chi connectivity index (χ0) is 31.6. The van der Waals surface area contributed by atoms with Crippen molar-refractivity contribution in [2.45, 2.75) is 83.9 Å². The standard InChI is InChI=1S/C38H48NO2PS/c1-36(2,3)31-25-27(26-32(35(31)41-10)37(4,5)6)34(39-43(40)38(7,8)9)30-23-17-18-24-33(30)42(28-19-13-11-14-20-28)29-21-15-12-16-22-29/h11-26,34,39H,1-10H3/t34-,43-/m0/s1. The van der Waals surface area contributed by atoms with Crippen LogP contribution in [-0.2, 0) is 21.8 Å². The minimum absolute atomic E-state index is 0.157. The van der Waals surface area contributed by atoms with Crippen molar-refractivity contribution in [1.82, 2.24) is 4.72 Å². The van der Waals surface area contributed by atoms with Gasteiger partial charge < -0.3 is 4.74 Å². The van der Waals surface area contributed by atoms with Crippen LogP contribution in [0.25, 0.3) is 0 Å². The van der Waals surface area contributed by atoms with Crippen molar-refractivity contribution in [3.05, 3.63) is 119 Å². The van der Waals surface area contributed by atoms with Gasteiger partial charge >= 0.3 is 0 Å². The van der Waals surface area contributed by atoms with E-state index in [9.17, 15) is 4.21 Å². The number of methoxy groups -OCH3 is 1. The van der Waals surface area contributed by atoms with Crippen molar-refractivity contribution >= 4 is 34.8 Å². The number of ether oxygens (including phenoxy) is 1. The molecule has 5 heteroatoms. The molecule has 228 valence electrons. The van der Waals surface area contributed by atoms with E-state index in [-0.39, 0.29) is 16.9 Å². The molecular formula is C38H48NO2PS. The summed E-state index contributed by atoms with van der Waals surface area (Å²) in [6.07, 6.45) is 0. The number of nitrogens with one attached hydrogen (secondary N) is 1. The first-order chi connectivity index (χ1) is 20.1. The van der Waals surface area contributed by atoms with Crippen LogP contribution in [-0.4, -0.2) is 16.1 Å². The van der Waals surface area contributed by atoms with E-state index in [2.05, 4.69) is 143 Å². The first-order valence-electron chi connectivity index (χ1n) is 15.0. The van der Waals surface area contributed by atoms with Crippen LogP contribution in [0, 0.1) is 0 Å². The second-order valence-corrected chi connectivity index (χ2v) is 18.3. The fraction of sp³-hybridized carbons (Fsp3) is 0.368. The molecule has 1 N–H and O–H groups in total. The molecule has 3 nitrogen and oxygen atoms in total. The monoisotopic (exact) mass is 613 g/mol. The lowest BCUT2D eigenvalue weighted by Gasteiger charge is -2.33. The maximum atomic E-state index is 13.9. The van der Waals surface area contributed by atoms with Gasteiger partial charge in [-0.2, -0.15) is 0 Å². The van der Waals surface area contributed by atoms with E-state index in [4.69, 9.17) is 4.74 Å². The normalized spacial score (nSPS) is 14.0. The van der Waals surface area contributed by atoms with Crippen molar-refractivity contribution in [3.63, 3.8) is 0 Å². The summed E-state index contributed by atoms with van der Waals surface area (Å²) in [5.74, 6) is 0.934. The van der Waals surface area contributed by atoms with Gasteiger partial charge in [-0.1, -0.05) is 126 Å². The molecule has 0 heterocycles. The summed E-state index contributed by atoms with van der Waals surface area (Å²) in [6, 6.07) is 34.5. The van der Waals surface area contributed by atoms with Crippen LogP contribution in [0.4, 0.5) is 0 Å². The fourth-order valence-corrected chi connectivity index (χ4v) is 8.59. The Labute approximate surface area is 263 Å². The highest BCUT2D eigenvalue weighted by molar-refractivity contribution is 7.84. The highest BCUT2D eigenvalue weighted by Gasteiger charge is 2.33. The molecule has 0 amide bonds. The summed E-state index contributed by atoms with van der Waals surface area (Å²) in [6.45, 7) is 19.5. The number of rotatable bonds is 8. The van der Waals surface area contributed by atoms with E-state index in [1.54, 1.807) is 7.11 Å². The van der Waals surface area contributed by atoms with Crippen LogP contribution in [0.3, 0.4) is 0 Å². The van der Waals surface area contributed by atoms with Crippen molar-refractivity contribution < 1.29 is 8.95 Å². The molecule has 0 fully saturated rings. The minimum atomic E-state index is -1.32. The number of benzene rings is 4. The topological polar surface area (TPSA) is 38.3 Å². The van der Waals surface area contributed by atoms with Crippen molar-refractivity contribution in [2.75, 3.05) is 7.11 Å². The van der Waals surface area contributed by atoms with Gasteiger partial charge in [-0.05, 0) is 78.7 Å². The average molecular weight is 614 g/mol. The largest absolute Gasteiger partial charge is 0.496 e. The van der Waals surface area contributed by atoms with Gasteiger partial charge in [0.05, 0.1) is 28.9 Å². The highest BCUT2D eigenvalue weighted by Crippen LogP contribution is 2.44. The molecule has 0 aliphatic heterocycles. The molecule has 0 saturated heterocycles. The van der Waals surface area contributed by atoms with E-state index >= 15 is 0 Å².